The number of carbonyl (C=O) groups excluding carboxylic acids is 1. The van der Waals surface area contributed by atoms with E-state index in [1.165, 1.54) is 10.8 Å². The quantitative estimate of drug-likeness (QED) is 0.908. The Morgan fingerprint density at radius 2 is 1.86 bits per heavy atom. The summed E-state index contributed by atoms with van der Waals surface area (Å²) in [4.78, 5) is 12.3. The molecule has 21 heavy (non-hydrogen) atoms. The minimum Gasteiger partial charge on any atom is -0.349 e. The molecule has 0 bridgehead atoms. The molecule has 3 nitrogen and oxygen atoms in total. The molecule has 1 aliphatic heterocycles. The number of fused-ring (bicyclic) bond motifs is 1. The van der Waals surface area contributed by atoms with Crippen molar-refractivity contribution in [1.29, 1.82) is 0 Å². The number of hydrogen-bond donors (Lipinski definition) is 2. The van der Waals surface area contributed by atoms with Crippen molar-refractivity contribution in [2.24, 2.45) is 5.92 Å². The van der Waals surface area contributed by atoms with Gasteiger partial charge in [0, 0.05) is 5.92 Å². The molecule has 1 atom stereocenters. The van der Waals surface area contributed by atoms with E-state index in [0.717, 1.165) is 31.5 Å². The minimum absolute atomic E-state index is 0.0528. The van der Waals surface area contributed by atoms with Gasteiger partial charge in [0.05, 0.1) is 6.04 Å². The van der Waals surface area contributed by atoms with Crippen LogP contribution in [0.5, 0.6) is 0 Å². The maximum atomic E-state index is 12.3. The molecule has 0 aromatic heterocycles. The van der Waals surface area contributed by atoms with Crippen molar-refractivity contribution in [1.82, 2.24) is 10.6 Å². The fourth-order valence-corrected chi connectivity index (χ4v) is 2.98. The van der Waals surface area contributed by atoms with E-state index in [0.29, 0.717) is 0 Å². The summed E-state index contributed by atoms with van der Waals surface area (Å²) in [6.07, 6.45) is 1.88. The highest BCUT2D eigenvalue weighted by Gasteiger charge is 2.22. The van der Waals surface area contributed by atoms with Crippen LogP contribution in [0.4, 0.5) is 0 Å². The van der Waals surface area contributed by atoms with Crippen LogP contribution in [0.3, 0.4) is 0 Å². The Hall–Kier alpha value is -1.87. The predicted molar refractivity (Wildman–Crippen MR) is 86.1 cm³/mol. The monoisotopic (exact) mass is 282 g/mol. The Kier molecular flexibility index (Phi) is 4.20. The average molecular weight is 282 g/mol. The van der Waals surface area contributed by atoms with Crippen LogP contribution >= 0.6 is 0 Å². The van der Waals surface area contributed by atoms with E-state index < -0.39 is 0 Å². The minimum atomic E-state index is 0.0528. The van der Waals surface area contributed by atoms with Crippen molar-refractivity contribution in [3.63, 3.8) is 0 Å². The lowest BCUT2D eigenvalue weighted by molar-refractivity contribution is -0.126. The SMILES string of the molecule is CC(NC(=O)C1CCNCC1)c1ccc2ccccc2c1. The highest BCUT2D eigenvalue weighted by atomic mass is 16.1. The van der Waals surface area contributed by atoms with Crippen molar-refractivity contribution in [3.8, 4) is 0 Å². The molecule has 0 aliphatic carbocycles. The van der Waals surface area contributed by atoms with Gasteiger partial charge in [-0.05, 0) is 55.3 Å². The number of carbonyl (C=O) groups is 1. The van der Waals surface area contributed by atoms with Gasteiger partial charge in [0.2, 0.25) is 5.91 Å². The summed E-state index contributed by atoms with van der Waals surface area (Å²) in [7, 11) is 0. The van der Waals surface area contributed by atoms with E-state index in [2.05, 4.69) is 47.9 Å². The van der Waals surface area contributed by atoms with Gasteiger partial charge in [0.1, 0.15) is 0 Å². The van der Waals surface area contributed by atoms with Crippen LogP contribution in [0.1, 0.15) is 31.4 Å². The second-order valence-electron chi connectivity index (χ2n) is 5.86. The number of nitrogens with one attached hydrogen (secondary N) is 2. The molecule has 3 heteroatoms. The molecule has 2 N–H and O–H groups in total. The van der Waals surface area contributed by atoms with Crippen LogP contribution in [0, 0.1) is 5.92 Å². The summed E-state index contributed by atoms with van der Waals surface area (Å²) in [5.74, 6) is 0.353. The van der Waals surface area contributed by atoms with Crippen LogP contribution in [0.15, 0.2) is 42.5 Å². The highest BCUT2D eigenvalue weighted by Crippen LogP contribution is 2.21. The lowest BCUT2D eigenvalue weighted by Crippen LogP contribution is -2.39. The van der Waals surface area contributed by atoms with Crippen LogP contribution in [-0.2, 0) is 4.79 Å². The zero-order valence-corrected chi connectivity index (χ0v) is 12.4. The second-order valence-corrected chi connectivity index (χ2v) is 5.86. The zero-order chi connectivity index (χ0) is 14.7. The molecule has 2 aromatic carbocycles. The Bertz CT molecular complexity index is 632. The predicted octanol–water partition coefficient (Wildman–Crippen LogP) is 3.02. The molecule has 1 saturated heterocycles. The molecule has 1 unspecified atom stereocenters. The van der Waals surface area contributed by atoms with Gasteiger partial charge >= 0.3 is 0 Å². The third-order valence-electron chi connectivity index (χ3n) is 4.34. The smallest absolute Gasteiger partial charge is 0.223 e. The molecule has 0 radical (unpaired) electrons. The normalized spacial score (nSPS) is 17.6. The first-order valence-electron chi connectivity index (χ1n) is 7.74. The maximum Gasteiger partial charge on any atom is 0.223 e. The fraction of sp³-hybridized carbons (Fsp3) is 0.389. The van der Waals surface area contributed by atoms with Crippen LogP contribution in [-0.4, -0.2) is 19.0 Å². The van der Waals surface area contributed by atoms with Crippen LogP contribution in [0.2, 0.25) is 0 Å². The standard InChI is InChI=1S/C18H22N2O/c1-13(20-18(21)15-8-10-19-11-9-15)16-7-6-14-4-2-3-5-17(14)12-16/h2-7,12-13,15,19H,8-11H2,1H3,(H,20,21). The molecule has 1 aliphatic rings. The molecule has 3 rings (SSSR count). The molecule has 2 aromatic rings. The van der Waals surface area contributed by atoms with Crippen molar-refractivity contribution in [2.75, 3.05) is 13.1 Å². The summed E-state index contributed by atoms with van der Waals surface area (Å²) < 4.78 is 0. The van der Waals surface area contributed by atoms with E-state index in [4.69, 9.17) is 0 Å². The van der Waals surface area contributed by atoms with Gasteiger partial charge in [-0.1, -0.05) is 36.4 Å². The molecular weight excluding hydrogens is 260 g/mol. The van der Waals surface area contributed by atoms with Gasteiger partial charge < -0.3 is 10.6 Å². The third-order valence-corrected chi connectivity index (χ3v) is 4.34. The number of benzene rings is 2. The number of amides is 1. The first-order chi connectivity index (χ1) is 10.2. The van der Waals surface area contributed by atoms with E-state index in [9.17, 15) is 4.79 Å². The Morgan fingerprint density at radius 3 is 2.62 bits per heavy atom. The average Bonchev–Trinajstić information content (AvgIpc) is 2.55. The van der Waals surface area contributed by atoms with E-state index in [1.807, 2.05) is 12.1 Å². The van der Waals surface area contributed by atoms with Crippen molar-refractivity contribution in [3.05, 3.63) is 48.0 Å². The van der Waals surface area contributed by atoms with Crippen molar-refractivity contribution < 1.29 is 4.79 Å². The van der Waals surface area contributed by atoms with Gasteiger partial charge in [-0.15, -0.1) is 0 Å². The molecule has 110 valence electrons. The second kappa shape index (κ2) is 6.27. The van der Waals surface area contributed by atoms with Gasteiger partial charge in [0.25, 0.3) is 0 Å². The molecule has 0 saturated carbocycles. The molecular formula is C18H22N2O. The largest absolute Gasteiger partial charge is 0.349 e. The lowest BCUT2D eigenvalue weighted by atomic mass is 9.96. The first-order valence-corrected chi connectivity index (χ1v) is 7.74. The fourth-order valence-electron chi connectivity index (χ4n) is 2.98. The van der Waals surface area contributed by atoms with Crippen molar-refractivity contribution >= 4 is 16.7 Å². The summed E-state index contributed by atoms with van der Waals surface area (Å²) in [5, 5.41) is 8.91. The van der Waals surface area contributed by atoms with Crippen LogP contribution < -0.4 is 10.6 Å². The maximum absolute atomic E-state index is 12.3. The van der Waals surface area contributed by atoms with Gasteiger partial charge in [0.15, 0.2) is 0 Å². The first kappa shape index (κ1) is 14.1. The van der Waals surface area contributed by atoms with Gasteiger partial charge in [-0.2, -0.15) is 0 Å². The topological polar surface area (TPSA) is 41.1 Å². The molecule has 0 spiro atoms. The summed E-state index contributed by atoms with van der Waals surface area (Å²) in [5.41, 5.74) is 1.16. The van der Waals surface area contributed by atoms with E-state index in [-0.39, 0.29) is 17.9 Å². The number of hydrogen-bond acceptors (Lipinski definition) is 2. The zero-order valence-electron chi connectivity index (χ0n) is 12.4. The molecule has 1 heterocycles. The third kappa shape index (κ3) is 3.24. The molecule has 1 amide bonds. The molecule has 1 fully saturated rings. The summed E-state index contributed by atoms with van der Waals surface area (Å²) in [6, 6.07) is 14.8. The van der Waals surface area contributed by atoms with E-state index in [1.54, 1.807) is 0 Å². The van der Waals surface area contributed by atoms with Crippen molar-refractivity contribution in [2.45, 2.75) is 25.8 Å². The lowest BCUT2D eigenvalue weighted by Gasteiger charge is -2.24. The summed E-state index contributed by atoms with van der Waals surface area (Å²) >= 11 is 0. The van der Waals surface area contributed by atoms with Gasteiger partial charge in [-0.25, -0.2) is 0 Å². The Morgan fingerprint density at radius 1 is 1.14 bits per heavy atom. The highest BCUT2D eigenvalue weighted by molar-refractivity contribution is 5.83. The van der Waals surface area contributed by atoms with Gasteiger partial charge in [-0.3, -0.25) is 4.79 Å². The Balaban J connectivity index is 1.71. The summed E-state index contributed by atoms with van der Waals surface area (Å²) in [6.45, 7) is 3.95. The number of piperidine rings is 1. The van der Waals surface area contributed by atoms with E-state index >= 15 is 0 Å². The number of rotatable bonds is 3. The Labute approximate surface area is 125 Å². The van der Waals surface area contributed by atoms with Crippen LogP contribution in [0.25, 0.3) is 10.8 Å².